The topological polar surface area (TPSA) is 86.4 Å². The fourth-order valence-corrected chi connectivity index (χ4v) is 2.05. The van der Waals surface area contributed by atoms with Crippen molar-refractivity contribution in [3.63, 3.8) is 0 Å². The fourth-order valence-electron chi connectivity index (χ4n) is 2.05. The van der Waals surface area contributed by atoms with Gasteiger partial charge in [0.1, 0.15) is 0 Å². The highest BCUT2D eigenvalue weighted by atomic mass is 16.5. The standard InChI is InChI=1S/C12H19N5O2/c13-10-14-11(17-4-7-18-8-5-17)16-12(15-10)19-6-3-9-1-2-9/h9H,1-8H2,(H2,13,14,15,16). The lowest BCUT2D eigenvalue weighted by Crippen LogP contribution is -2.37. The first-order valence-corrected chi connectivity index (χ1v) is 6.78. The molecule has 1 saturated heterocycles. The van der Waals surface area contributed by atoms with Crippen LogP contribution in [0.25, 0.3) is 0 Å². The van der Waals surface area contributed by atoms with Crippen molar-refractivity contribution in [3.05, 3.63) is 0 Å². The van der Waals surface area contributed by atoms with E-state index in [0.717, 1.165) is 25.4 Å². The van der Waals surface area contributed by atoms with Gasteiger partial charge in [-0.15, -0.1) is 0 Å². The molecule has 2 fully saturated rings. The van der Waals surface area contributed by atoms with Gasteiger partial charge < -0.3 is 20.1 Å². The quantitative estimate of drug-likeness (QED) is 0.828. The third kappa shape index (κ3) is 3.44. The smallest absolute Gasteiger partial charge is 0.323 e. The number of nitrogens with two attached hydrogens (primary N) is 1. The van der Waals surface area contributed by atoms with Crippen LogP contribution in [0.15, 0.2) is 0 Å². The largest absolute Gasteiger partial charge is 0.463 e. The van der Waals surface area contributed by atoms with Gasteiger partial charge in [0.2, 0.25) is 11.9 Å². The van der Waals surface area contributed by atoms with Crippen molar-refractivity contribution in [1.29, 1.82) is 0 Å². The second kappa shape index (κ2) is 5.56. The van der Waals surface area contributed by atoms with Crippen molar-refractivity contribution < 1.29 is 9.47 Å². The number of anilines is 2. The van der Waals surface area contributed by atoms with Crippen molar-refractivity contribution in [3.8, 4) is 6.01 Å². The maximum Gasteiger partial charge on any atom is 0.323 e. The van der Waals surface area contributed by atoms with Crippen molar-refractivity contribution >= 4 is 11.9 Å². The first kappa shape index (κ1) is 12.4. The van der Waals surface area contributed by atoms with Gasteiger partial charge in [-0.25, -0.2) is 0 Å². The van der Waals surface area contributed by atoms with E-state index < -0.39 is 0 Å². The summed E-state index contributed by atoms with van der Waals surface area (Å²) < 4.78 is 10.9. The Morgan fingerprint density at radius 1 is 1.21 bits per heavy atom. The van der Waals surface area contributed by atoms with Gasteiger partial charge in [-0.1, -0.05) is 12.8 Å². The number of nitrogens with zero attached hydrogens (tertiary/aromatic N) is 4. The highest BCUT2D eigenvalue weighted by molar-refractivity contribution is 5.36. The minimum Gasteiger partial charge on any atom is -0.463 e. The van der Waals surface area contributed by atoms with E-state index >= 15 is 0 Å². The lowest BCUT2D eigenvalue weighted by Gasteiger charge is -2.26. The molecule has 0 atom stereocenters. The molecular formula is C12H19N5O2. The molecule has 2 heterocycles. The fraction of sp³-hybridized carbons (Fsp3) is 0.750. The predicted octanol–water partition coefficient (Wildman–Crippen LogP) is 0.469. The molecule has 1 saturated carbocycles. The summed E-state index contributed by atoms with van der Waals surface area (Å²) in [6, 6.07) is 0.328. The molecule has 104 valence electrons. The van der Waals surface area contributed by atoms with E-state index in [1.807, 2.05) is 4.90 Å². The Labute approximate surface area is 112 Å². The molecule has 3 rings (SSSR count). The van der Waals surface area contributed by atoms with Crippen molar-refractivity contribution in [2.75, 3.05) is 43.5 Å². The van der Waals surface area contributed by atoms with Crippen LogP contribution >= 0.6 is 0 Å². The summed E-state index contributed by atoms with van der Waals surface area (Å²) in [4.78, 5) is 14.5. The zero-order valence-electron chi connectivity index (χ0n) is 10.9. The van der Waals surface area contributed by atoms with Crippen LogP contribution in [0.4, 0.5) is 11.9 Å². The van der Waals surface area contributed by atoms with E-state index in [-0.39, 0.29) is 5.95 Å². The van der Waals surface area contributed by atoms with Gasteiger partial charge in [0.15, 0.2) is 0 Å². The van der Waals surface area contributed by atoms with E-state index in [9.17, 15) is 0 Å². The SMILES string of the molecule is Nc1nc(OCCC2CC2)nc(N2CCOCC2)n1. The summed E-state index contributed by atoms with van der Waals surface area (Å²) in [6.07, 6.45) is 3.71. The molecule has 0 unspecified atom stereocenters. The number of ether oxygens (including phenoxy) is 2. The zero-order valence-corrected chi connectivity index (χ0v) is 10.9. The summed E-state index contributed by atoms with van der Waals surface area (Å²) >= 11 is 0. The average molecular weight is 265 g/mol. The van der Waals surface area contributed by atoms with Crippen LogP contribution in [0.1, 0.15) is 19.3 Å². The van der Waals surface area contributed by atoms with E-state index in [2.05, 4.69) is 15.0 Å². The minimum atomic E-state index is 0.206. The van der Waals surface area contributed by atoms with E-state index in [0.29, 0.717) is 31.8 Å². The van der Waals surface area contributed by atoms with Gasteiger partial charge >= 0.3 is 6.01 Å². The number of morpholine rings is 1. The molecule has 2 aliphatic rings. The Hall–Kier alpha value is -1.63. The van der Waals surface area contributed by atoms with Crippen LogP contribution in [0.3, 0.4) is 0 Å². The van der Waals surface area contributed by atoms with Crippen LogP contribution < -0.4 is 15.4 Å². The molecule has 0 amide bonds. The van der Waals surface area contributed by atoms with Crippen molar-refractivity contribution in [2.24, 2.45) is 5.92 Å². The highest BCUT2D eigenvalue weighted by Crippen LogP contribution is 2.32. The number of hydrogen-bond donors (Lipinski definition) is 1. The first-order valence-electron chi connectivity index (χ1n) is 6.78. The lowest BCUT2D eigenvalue weighted by atomic mass is 10.3. The molecule has 19 heavy (non-hydrogen) atoms. The highest BCUT2D eigenvalue weighted by Gasteiger charge is 2.21. The summed E-state index contributed by atoms with van der Waals surface area (Å²) in [5.74, 6) is 1.62. The molecule has 0 spiro atoms. The molecule has 2 N–H and O–H groups in total. The minimum absolute atomic E-state index is 0.206. The van der Waals surface area contributed by atoms with Gasteiger partial charge in [0.05, 0.1) is 19.8 Å². The molecule has 0 aromatic carbocycles. The lowest BCUT2D eigenvalue weighted by molar-refractivity contribution is 0.122. The summed E-state index contributed by atoms with van der Waals surface area (Å²) in [5, 5.41) is 0. The number of hydrogen-bond acceptors (Lipinski definition) is 7. The third-order valence-corrected chi connectivity index (χ3v) is 3.37. The van der Waals surface area contributed by atoms with Crippen molar-refractivity contribution in [1.82, 2.24) is 15.0 Å². The Kier molecular flexibility index (Phi) is 3.63. The maximum atomic E-state index is 5.71. The van der Waals surface area contributed by atoms with Crippen LogP contribution in [0, 0.1) is 5.92 Å². The molecule has 0 bridgehead atoms. The molecule has 7 nitrogen and oxygen atoms in total. The number of nitrogen functional groups attached to an aromatic ring is 1. The summed E-state index contributed by atoms with van der Waals surface area (Å²) in [6.45, 7) is 3.56. The monoisotopic (exact) mass is 265 g/mol. The van der Waals surface area contributed by atoms with Crippen LogP contribution in [0.2, 0.25) is 0 Å². The molecule has 1 aromatic heterocycles. The third-order valence-electron chi connectivity index (χ3n) is 3.37. The molecule has 1 aromatic rings. The first-order chi connectivity index (χ1) is 9.31. The van der Waals surface area contributed by atoms with Crippen LogP contribution in [-0.2, 0) is 4.74 Å². The van der Waals surface area contributed by atoms with Gasteiger partial charge in [-0.2, -0.15) is 15.0 Å². The van der Waals surface area contributed by atoms with E-state index in [4.69, 9.17) is 15.2 Å². The van der Waals surface area contributed by atoms with Crippen LogP contribution in [-0.4, -0.2) is 47.9 Å². The summed E-state index contributed by atoms with van der Waals surface area (Å²) in [5.41, 5.74) is 5.71. The Morgan fingerprint density at radius 2 is 2.00 bits per heavy atom. The predicted molar refractivity (Wildman–Crippen MR) is 70.1 cm³/mol. The summed E-state index contributed by atoms with van der Waals surface area (Å²) in [7, 11) is 0. The van der Waals surface area contributed by atoms with Crippen molar-refractivity contribution in [2.45, 2.75) is 19.3 Å². The van der Waals surface area contributed by atoms with Gasteiger partial charge in [0, 0.05) is 13.1 Å². The van der Waals surface area contributed by atoms with Gasteiger partial charge in [0.25, 0.3) is 0 Å². The second-order valence-corrected chi connectivity index (χ2v) is 4.96. The molecular weight excluding hydrogens is 246 g/mol. The van der Waals surface area contributed by atoms with E-state index in [1.54, 1.807) is 0 Å². The Morgan fingerprint density at radius 3 is 2.74 bits per heavy atom. The Balaban J connectivity index is 1.63. The second-order valence-electron chi connectivity index (χ2n) is 4.96. The zero-order chi connectivity index (χ0) is 13.1. The Bertz CT molecular complexity index is 432. The maximum absolute atomic E-state index is 5.71. The number of aromatic nitrogens is 3. The molecule has 7 heteroatoms. The van der Waals surface area contributed by atoms with Gasteiger partial charge in [-0.05, 0) is 12.3 Å². The van der Waals surface area contributed by atoms with E-state index in [1.165, 1.54) is 12.8 Å². The average Bonchev–Trinajstić information content (AvgIpc) is 3.23. The van der Waals surface area contributed by atoms with Crippen LogP contribution in [0.5, 0.6) is 6.01 Å². The molecule has 0 radical (unpaired) electrons. The molecule has 1 aliphatic carbocycles. The van der Waals surface area contributed by atoms with Gasteiger partial charge in [-0.3, -0.25) is 0 Å². The molecule has 1 aliphatic heterocycles. The normalized spacial score (nSPS) is 19.5. The number of rotatable bonds is 5.